The number of imidazole rings is 1. The molecule has 0 aliphatic carbocycles. The Labute approximate surface area is 124 Å². The first-order valence-electron chi connectivity index (χ1n) is 6.87. The summed E-state index contributed by atoms with van der Waals surface area (Å²) in [4.78, 5) is 38.6. The number of benzene rings is 1. The van der Waals surface area contributed by atoms with Gasteiger partial charge in [-0.05, 0) is 31.5 Å². The quantitative estimate of drug-likeness (QED) is 0.715. The number of aromatic nitrogens is 3. The number of nitrogens with one attached hydrogen (secondary N) is 1. The van der Waals surface area contributed by atoms with Crippen LogP contribution in [0.1, 0.15) is 22.8 Å². The molecule has 3 aromatic rings. The Morgan fingerprint density at radius 1 is 1.27 bits per heavy atom. The number of rotatable bonds is 2. The van der Waals surface area contributed by atoms with E-state index >= 15 is 0 Å². The number of carbonyl (C=O) groups excluding carboxylic acids is 1. The zero-order valence-electron chi connectivity index (χ0n) is 12.5. The SMILES string of the molecule is CCOC(=O)c1c(=O)[nH]c(=O)n2c3cc(C)ccc3n(C)c12. The highest BCUT2D eigenvalue weighted by Crippen LogP contribution is 2.20. The highest BCUT2D eigenvalue weighted by Gasteiger charge is 2.23. The second-order valence-corrected chi connectivity index (χ2v) is 5.06. The molecule has 2 heterocycles. The Bertz CT molecular complexity index is 1020. The number of hydrogen-bond donors (Lipinski definition) is 1. The topological polar surface area (TPSA) is 85.6 Å². The molecule has 114 valence electrons. The molecule has 0 bridgehead atoms. The highest BCUT2D eigenvalue weighted by atomic mass is 16.5. The number of H-pyrrole nitrogens is 1. The molecule has 22 heavy (non-hydrogen) atoms. The van der Waals surface area contributed by atoms with Crippen LogP contribution < -0.4 is 11.2 Å². The molecule has 0 radical (unpaired) electrons. The molecule has 3 rings (SSSR count). The fourth-order valence-electron chi connectivity index (χ4n) is 2.66. The van der Waals surface area contributed by atoms with Crippen LogP contribution in [0.3, 0.4) is 0 Å². The third kappa shape index (κ3) is 1.86. The smallest absolute Gasteiger partial charge is 0.347 e. The zero-order chi connectivity index (χ0) is 16.0. The summed E-state index contributed by atoms with van der Waals surface area (Å²) in [7, 11) is 1.70. The second kappa shape index (κ2) is 4.87. The Balaban J connectivity index is 2.58. The average molecular weight is 301 g/mol. The molecule has 2 aromatic heterocycles. The van der Waals surface area contributed by atoms with Crippen molar-refractivity contribution in [3.05, 3.63) is 50.2 Å². The van der Waals surface area contributed by atoms with Gasteiger partial charge in [0, 0.05) is 7.05 Å². The number of hydrogen-bond acceptors (Lipinski definition) is 4. The predicted octanol–water partition coefficient (Wildman–Crippen LogP) is 0.965. The van der Waals surface area contributed by atoms with Gasteiger partial charge in [0.15, 0.2) is 5.56 Å². The van der Waals surface area contributed by atoms with Crippen molar-refractivity contribution in [2.24, 2.45) is 7.05 Å². The Hall–Kier alpha value is -2.83. The second-order valence-electron chi connectivity index (χ2n) is 5.06. The Morgan fingerprint density at radius 3 is 2.68 bits per heavy atom. The van der Waals surface area contributed by atoms with Crippen LogP contribution in [-0.4, -0.2) is 26.5 Å². The van der Waals surface area contributed by atoms with Crippen molar-refractivity contribution in [2.75, 3.05) is 6.61 Å². The average Bonchev–Trinajstić information content (AvgIpc) is 2.72. The lowest BCUT2D eigenvalue weighted by Crippen LogP contribution is -2.32. The van der Waals surface area contributed by atoms with Gasteiger partial charge in [0.1, 0.15) is 5.65 Å². The molecule has 1 aromatic carbocycles. The molecule has 0 spiro atoms. The highest BCUT2D eigenvalue weighted by molar-refractivity contribution is 5.98. The lowest BCUT2D eigenvalue weighted by Gasteiger charge is -2.04. The summed E-state index contributed by atoms with van der Waals surface area (Å²) in [5.41, 5.74) is 1.08. The van der Waals surface area contributed by atoms with Crippen LogP contribution in [-0.2, 0) is 11.8 Å². The van der Waals surface area contributed by atoms with Crippen molar-refractivity contribution in [1.82, 2.24) is 14.0 Å². The van der Waals surface area contributed by atoms with Gasteiger partial charge in [0.2, 0.25) is 0 Å². The summed E-state index contributed by atoms with van der Waals surface area (Å²) in [5.74, 6) is -0.746. The summed E-state index contributed by atoms with van der Waals surface area (Å²) < 4.78 is 7.92. The number of nitrogens with zero attached hydrogens (tertiary/aromatic N) is 2. The van der Waals surface area contributed by atoms with Crippen LogP contribution in [0.2, 0.25) is 0 Å². The van der Waals surface area contributed by atoms with Crippen molar-refractivity contribution in [3.63, 3.8) is 0 Å². The molecule has 0 fully saturated rings. The summed E-state index contributed by atoms with van der Waals surface area (Å²) in [6.07, 6.45) is 0. The molecule has 1 N–H and O–H groups in total. The molecule has 0 aliphatic rings. The van der Waals surface area contributed by atoms with E-state index in [9.17, 15) is 14.4 Å². The lowest BCUT2D eigenvalue weighted by atomic mass is 10.2. The zero-order valence-corrected chi connectivity index (χ0v) is 12.5. The molecular formula is C15H15N3O4. The van der Waals surface area contributed by atoms with Crippen LogP contribution in [0.4, 0.5) is 0 Å². The van der Waals surface area contributed by atoms with Crippen molar-refractivity contribution < 1.29 is 9.53 Å². The normalized spacial score (nSPS) is 11.2. The van der Waals surface area contributed by atoms with Gasteiger partial charge in [-0.25, -0.2) is 14.0 Å². The summed E-state index contributed by atoms with van der Waals surface area (Å²) in [6.45, 7) is 3.71. The van der Waals surface area contributed by atoms with Crippen LogP contribution >= 0.6 is 0 Å². The van der Waals surface area contributed by atoms with E-state index in [0.29, 0.717) is 5.52 Å². The molecule has 0 saturated carbocycles. The number of fused-ring (bicyclic) bond motifs is 3. The number of carbonyl (C=O) groups is 1. The van der Waals surface area contributed by atoms with Crippen LogP contribution in [0.5, 0.6) is 0 Å². The van der Waals surface area contributed by atoms with E-state index < -0.39 is 17.2 Å². The van der Waals surface area contributed by atoms with Crippen molar-refractivity contribution in [2.45, 2.75) is 13.8 Å². The van der Waals surface area contributed by atoms with Crippen molar-refractivity contribution in [1.29, 1.82) is 0 Å². The van der Waals surface area contributed by atoms with Crippen LogP contribution in [0, 0.1) is 6.92 Å². The Kier molecular flexibility index (Phi) is 3.13. The first-order valence-corrected chi connectivity index (χ1v) is 6.87. The predicted molar refractivity (Wildman–Crippen MR) is 81.5 cm³/mol. The van der Waals surface area contributed by atoms with Crippen molar-refractivity contribution >= 4 is 22.6 Å². The summed E-state index contributed by atoms with van der Waals surface area (Å²) >= 11 is 0. The lowest BCUT2D eigenvalue weighted by molar-refractivity contribution is 0.0525. The summed E-state index contributed by atoms with van der Waals surface area (Å²) in [5, 5.41) is 0. The summed E-state index contributed by atoms with van der Waals surface area (Å²) in [6, 6.07) is 5.58. The maximum absolute atomic E-state index is 12.2. The molecule has 7 nitrogen and oxygen atoms in total. The molecule has 0 unspecified atom stereocenters. The van der Waals surface area contributed by atoms with E-state index in [2.05, 4.69) is 4.98 Å². The molecule has 0 saturated heterocycles. The van der Waals surface area contributed by atoms with Gasteiger partial charge in [-0.15, -0.1) is 0 Å². The number of aryl methyl sites for hydroxylation is 2. The number of aromatic amines is 1. The first-order chi connectivity index (χ1) is 10.5. The van der Waals surface area contributed by atoms with Crippen molar-refractivity contribution in [3.8, 4) is 0 Å². The monoisotopic (exact) mass is 301 g/mol. The fraction of sp³-hybridized carbons (Fsp3) is 0.267. The van der Waals surface area contributed by atoms with Crippen LogP contribution in [0.15, 0.2) is 27.8 Å². The maximum Gasteiger partial charge on any atom is 0.347 e. The minimum Gasteiger partial charge on any atom is -0.462 e. The van der Waals surface area contributed by atoms with E-state index in [1.807, 2.05) is 25.1 Å². The number of ether oxygens (including phenoxy) is 1. The standard InChI is InChI=1S/C15H15N3O4/c1-4-22-14(20)11-12(19)16-15(21)18-10-7-8(2)5-6-9(10)17(3)13(11)18/h5-7H,4H2,1-3H3,(H,16,19,21). The van der Waals surface area contributed by atoms with Gasteiger partial charge in [0.05, 0.1) is 17.6 Å². The maximum atomic E-state index is 12.2. The largest absolute Gasteiger partial charge is 0.462 e. The van der Waals surface area contributed by atoms with Gasteiger partial charge in [-0.3, -0.25) is 9.78 Å². The van der Waals surface area contributed by atoms with E-state index in [0.717, 1.165) is 11.1 Å². The van der Waals surface area contributed by atoms with Gasteiger partial charge < -0.3 is 9.30 Å². The Morgan fingerprint density at radius 2 is 2.00 bits per heavy atom. The third-order valence-corrected chi connectivity index (χ3v) is 3.62. The van der Waals surface area contributed by atoms with E-state index in [1.165, 1.54) is 4.40 Å². The van der Waals surface area contributed by atoms with Gasteiger partial charge in [-0.1, -0.05) is 6.07 Å². The third-order valence-electron chi connectivity index (χ3n) is 3.62. The number of esters is 1. The fourth-order valence-corrected chi connectivity index (χ4v) is 2.66. The van der Waals surface area contributed by atoms with Gasteiger partial charge >= 0.3 is 11.7 Å². The molecular weight excluding hydrogens is 286 g/mol. The van der Waals surface area contributed by atoms with Gasteiger partial charge in [-0.2, -0.15) is 0 Å². The molecule has 0 atom stereocenters. The molecule has 0 aliphatic heterocycles. The van der Waals surface area contributed by atoms with Crippen LogP contribution in [0.25, 0.3) is 16.7 Å². The molecule has 7 heteroatoms. The minimum absolute atomic E-state index is 0.145. The minimum atomic E-state index is -0.746. The van der Waals surface area contributed by atoms with Gasteiger partial charge in [0.25, 0.3) is 5.56 Å². The van der Waals surface area contributed by atoms with E-state index in [4.69, 9.17) is 4.74 Å². The first kappa shape index (κ1) is 14.1. The van der Waals surface area contributed by atoms with E-state index in [1.54, 1.807) is 18.5 Å². The van der Waals surface area contributed by atoms with E-state index in [-0.39, 0.29) is 17.8 Å². The molecule has 0 amide bonds.